The summed E-state index contributed by atoms with van der Waals surface area (Å²) in [5.41, 5.74) is 0.542. The minimum absolute atomic E-state index is 0.139. The maximum Gasteiger partial charge on any atom is 0.291 e. The average molecular weight is 231 g/mol. The van der Waals surface area contributed by atoms with Gasteiger partial charge in [-0.25, -0.2) is 4.98 Å². The molecular weight excluding hydrogens is 218 g/mol. The lowest BCUT2D eigenvalue weighted by atomic mass is 10.4. The topological polar surface area (TPSA) is 122 Å². The van der Waals surface area contributed by atoms with Crippen molar-refractivity contribution in [2.24, 2.45) is 7.05 Å². The number of hydrogen-bond acceptors (Lipinski definition) is 5. The zero-order chi connectivity index (χ0) is 12.7. The summed E-state index contributed by atoms with van der Waals surface area (Å²) < 4.78 is 1.67. The highest BCUT2D eigenvalue weighted by Crippen LogP contribution is 2.10. The van der Waals surface area contributed by atoms with Crippen molar-refractivity contribution >= 4 is 11.7 Å². The third-order valence-corrected chi connectivity index (χ3v) is 1.62. The lowest BCUT2D eigenvalue weighted by Gasteiger charge is -2.02. The number of aryl methyl sites for hydroxylation is 1. The summed E-state index contributed by atoms with van der Waals surface area (Å²) in [5, 5.41) is 19.0. The van der Waals surface area contributed by atoms with Crippen molar-refractivity contribution in [2.45, 2.75) is 0 Å². The molecule has 0 bridgehead atoms. The van der Waals surface area contributed by atoms with Crippen LogP contribution in [0.1, 0.15) is 10.5 Å². The summed E-state index contributed by atoms with van der Waals surface area (Å²) in [6.07, 6.45) is 1.59. The quantitative estimate of drug-likeness (QED) is 0.464. The van der Waals surface area contributed by atoms with Crippen molar-refractivity contribution in [3.8, 4) is 0 Å². The highest BCUT2D eigenvalue weighted by molar-refractivity contribution is 5.96. The zero-order valence-corrected chi connectivity index (χ0v) is 9.09. The number of hydrogen-bond donors (Lipinski definition) is 3. The van der Waals surface area contributed by atoms with E-state index >= 15 is 0 Å². The maximum atomic E-state index is 11.3. The first kappa shape index (κ1) is 13.7. The van der Waals surface area contributed by atoms with Gasteiger partial charge in [-0.3, -0.25) is 4.79 Å². The fraction of sp³-hybridized carbons (Fsp3) is 0.429. The minimum atomic E-state index is -1.50. The van der Waals surface area contributed by atoms with E-state index in [1.54, 1.807) is 32.0 Å². The summed E-state index contributed by atoms with van der Waals surface area (Å²) in [7, 11) is 5.10. The summed E-state index contributed by atoms with van der Waals surface area (Å²) in [5.74, 6) is 0.455. The Balaban J connectivity index is 0.000000487. The largest absolute Gasteiger partial charge is 0.371 e. The Morgan fingerprint density at radius 1 is 1.62 bits per heavy atom. The lowest BCUT2D eigenvalue weighted by molar-refractivity contribution is -0.742. The number of amides is 1. The molecule has 0 aliphatic carbocycles. The standard InChI is InChI=1S/C7H12N4O.HNO3/c1-8-6-5(7(12)9-2)11(3)4-10-6;2-1(3)4/h4,8H,1-3H3,(H,9,12);(H,2,3,4). The van der Waals surface area contributed by atoms with Crippen LogP contribution in [0.3, 0.4) is 0 Å². The van der Waals surface area contributed by atoms with Gasteiger partial charge in [-0.15, -0.1) is 10.1 Å². The SMILES string of the molecule is CNC(=O)c1c(NC)ncn1C.O=[N+]([O-])O. The van der Waals surface area contributed by atoms with Gasteiger partial charge in [0.25, 0.3) is 11.0 Å². The molecule has 9 heteroatoms. The highest BCUT2D eigenvalue weighted by Gasteiger charge is 2.13. The van der Waals surface area contributed by atoms with Gasteiger partial charge in [0, 0.05) is 21.1 Å². The van der Waals surface area contributed by atoms with Gasteiger partial charge in [-0.2, -0.15) is 0 Å². The summed E-state index contributed by atoms with van der Waals surface area (Å²) in [6.45, 7) is 0. The Morgan fingerprint density at radius 2 is 2.12 bits per heavy atom. The predicted octanol–water partition coefficient (Wildman–Crippen LogP) is -0.526. The van der Waals surface area contributed by atoms with E-state index in [1.807, 2.05) is 0 Å². The second-order valence-electron chi connectivity index (χ2n) is 2.62. The fourth-order valence-electron chi connectivity index (χ4n) is 0.999. The van der Waals surface area contributed by atoms with Crippen molar-refractivity contribution in [3.05, 3.63) is 22.1 Å². The van der Waals surface area contributed by atoms with E-state index in [0.717, 1.165) is 0 Å². The van der Waals surface area contributed by atoms with Crippen molar-refractivity contribution in [3.63, 3.8) is 0 Å². The number of carbonyl (C=O) groups is 1. The molecule has 0 aromatic carbocycles. The average Bonchev–Trinajstić information content (AvgIpc) is 2.57. The molecule has 0 saturated heterocycles. The molecule has 0 saturated carbocycles. The van der Waals surface area contributed by atoms with E-state index < -0.39 is 5.09 Å². The van der Waals surface area contributed by atoms with Crippen LogP contribution in [0.4, 0.5) is 5.82 Å². The molecular formula is C7H13N5O4. The number of nitrogens with one attached hydrogen (secondary N) is 2. The van der Waals surface area contributed by atoms with Gasteiger partial charge < -0.3 is 20.4 Å². The molecule has 16 heavy (non-hydrogen) atoms. The molecule has 0 radical (unpaired) electrons. The summed E-state index contributed by atoms with van der Waals surface area (Å²) in [6, 6.07) is 0. The van der Waals surface area contributed by atoms with Crippen LogP contribution in [0.2, 0.25) is 0 Å². The number of anilines is 1. The Morgan fingerprint density at radius 3 is 2.50 bits per heavy atom. The molecule has 0 unspecified atom stereocenters. The van der Waals surface area contributed by atoms with E-state index in [0.29, 0.717) is 11.5 Å². The van der Waals surface area contributed by atoms with Gasteiger partial charge in [0.05, 0.1) is 6.33 Å². The van der Waals surface area contributed by atoms with Gasteiger partial charge >= 0.3 is 0 Å². The van der Waals surface area contributed by atoms with Gasteiger partial charge in [0.15, 0.2) is 11.5 Å². The summed E-state index contributed by atoms with van der Waals surface area (Å²) in [4.78, 5) is 23.6. The Hall–Kier alpha value is -2.32. The smallest absolute Gasteiger partial charge is 0.291 e. The monoisotopic (exact) mass is 231 g/mol. The molecule has 0 spiro atoms. The number of imidazole rings is 1. The Bertz CT molecular complexity index is 371. The van der Waals surface area contributed by atoms with Crippen LogP contribution in [0.15, 0.2) is 6.33 Å². The van der Waals surface area contributed by atoms with Crippen LogP contribution < -0.4 is 10.6 Å². The molecule has 1 heterocycles. The first-order valence-corrected chi connectivity index (χ1v) is 4.18. The van der Waals surface area contributed by atoms with E-state index in [1.165, 1.54) is 0 Å². The Kier molecular flexibility index (Phi) is 5.32. The van der Waals surface area contributed by atoms with E-state index in [-0.39, 0.29) is 5.91 Å². The highest BCUT2D eigenvalue weighted by atomic mass is 16.9. The molecule has 0 aliphatic heterocycles. The van der Waals surface area contributed by atoms with E-state index in [2.05, 4.69) is 15.6 Å². The third-order valence-electron chi connectivity index (χ3n) is 1.62. The fourth-order valence-corrected chi connectivity index (χ4v) is 0.999. The van der Waals surface area contributed by atoms with Crippen LogP contribution in [0.25, 0.3) is 0 Å². The minimum Gasteiger partial charge on any atom is -0.371 e. The number of nitrogens with zero attached hydrogens (tertiary/aromatic N) is 3. The van der Waals surface area contributed by atoms with Gasteiger partial charge in [0.1, 0.15) is 0 Å². The number of carbonyl (C=O) groups excluding carboxylic acids is 1. The van der Waals surface area contributed by atoms with Crippen molar-refractivity contribution in [1.82, 2.24) is 14.9 Å². The second-order valence-corrected chi connectivity index (χ2v) is 2.62. The van der Waals surface area contributed by atoms with Crippen molar-refractivity contribution in [1.29, 1.82) is 0 Å². The first-order chi connectivity index (χ1) is 7.43. The third kappa shape index (κ3) is 3.82. The maximum absolute atomic E-state index is 11.3. The molecule has 1 rings (SSSR count). The van der Waals surface area contributed by atoms with Gasteiger partial charge in [0.2, 0.25) is 0 Å². The second kappa shape index (κ2) is 6.22. The molecule has 9 nitrogen and oxygen atoms in total. The molecule has 1 amide bonds. The molecule has 0 atom stereocenters. The van der Waals surface area contributed by atoms with Crippen LogP contribution >= 0.6 is 0 Å². The van der Waals surface area contributed by atoms with Crippen molar-refractivity contribution in [2.75, 3.05) is 19.4 Å². The number of rotatable bonds is 2. The van der Waals surface area contributed by atoms with Crippen LogP contribution in [-0.4, -0.2) is 39.8 Å². The lowest BCUT2D eigenvalue weighted by Crippen LogP contribution is -2.21. The van der Waals surface area contributed by atoms with E-state index in [4.69, 9.17) is 15.3 Å². The normalized spacial score (nSPS) is 8.69. The molecule has 0 fully saturated rings. The predicted molar refractivity (Wildman–Crippen MR) is 54.9 cm³/mol. The van der Waals surface area contributed by atoms with E-state index in [9.17, 15) is 4.79 Å². The molecule has 90 valence electrons. The van der Waals surface area contributed by atoms with Crippen LogP contribution in [0.5, 0.6) is 0 Å². The first-order valence-electron chi connectivity index (χ1n) is 4.18. The van der Waals surface area contributed by atoms with Gasteiger partial charge in [-0.1, -0.05) is 0 Å². The molecule has 0 aliphatic rings. The van der Waals surface area contributed by atoms with Gasteiger partial charge in [-0.05, 0) is 0 Å². The molecule has 3 N–H and O–H groups in total. The number of aromatic nitrogens is 2. The summed E-state index contributed by atoms with van der Waals surface area (Å²) >= 11 is 0. The van der Waals surface area contributed by atoms with Crippen molar-refractivity contribution < 1.29 is 15.1 Å². The molecule has 1 aromatic rings. The zero-order valence-electron chi connectivity index (χ0n) is 9.09. The van der Waals surface area contributed by atoms with Crippen LogP contribution in [0, 0.1) is 10.1 Å². The molecule has 1 aromatic heterocycles. The Labute approximate surface area is 91.2 Å². The van der Waals surface area contributed by atoms with Crippen LogP contribution in [-0.2, 0) is 7.05 Å².